The maximum atomic E-state index is 12.8. The highest BCUT2D eigenvalue weighted by molar-refractivity contribution is 6.26. The van der Waals surface area contributed by atoms with E-state index in [9.17, 15) is 9.59 Å². The minimum Gasteiger partial charge on any atom is -0.497 e. The van der Waals surface area contributed by atoms with E-state index in [-0.39, 0.29) is 11.8 Å². The number of amides is 2. The van der Waals surface area contributed by atoms with Gasteiger partial charge in [0.2, 0.25) is 0 Å². The van der Waals surface area contributed by atoms with E-state index in [1.165, 1.54) is 9.91 Å². The molecule has 2 aromatic rings. The van der Waals surface area contributed by atoms with E-state index >= 15 is 0 Å². The predicted molar refractivity (Wildman–Crippen MR) is 86.8 cm³/mol. The van der Waals surface area contributed by atoms with Crippen LogP contribution in [0.5, 0.6) is 5.75 Å². The van der Waals surface area contributed by atoms with Crippen LogP contribution in [0.1, 0.15) is 0 Å². The smallest absolute Gasteiger partial charge is 0.263 e. The zero-order valence-electron chi connectivity index (χ0n) is 12.9. The van der Waals surface area contributed by atoms with Gasteiger partial charge in [0.1, 0.15) is 5.75 Å². The lowest BCUT2D eigenvalue weighted by molar-refractivity contribution is -0.121. The number of benzene rings is 2. The molecule has 2 heterocycles. The lowest BCUT2D eigenvalue weighted by atomic mass is 10.1. The van der Waals surface area contributed by atoms with Crippen molar-refractivity contribution >= 4 is 23.2 Å². The molecule has 2 amide bonds. The van der Waals surface area contributed by atoms with E-state index in [0.717, 1.165) is 5.69 Å². The molecule has 4 rings (SSSR count). The van der Waals surface area contributed by atoms with Crippen LogP contribution < -0.4 is 14.6 Å². The van der Waals surface area contributed by atoms with Crippen LogP contribution in [0.2, 0.25) is 0 Å². The van der Waals surface area contributed by atoms with Crippen LogP contribution in [-0.4, -0.2) is 31.0 Å². The van der Waals surface area contributed by atoms with Gasteiger partial charge >= 0.3 is 0 Å². The van der Waals surface area contributed by atoms with E-state index in [4.69, 9.17) is 4.74 Å². The zero-order chi connectivity index (χ0) is 16.7. The van der Waals surface area contributed by atoms with Gasteiger partial charge in [-0.2, -0.15) is 5.11 Å². The first kappa shape index (κ1) is 14.4. The predicted octanol–water partition coefficient (Wildman–Crippen LogP) is 2.19. The molecule has 0 aliphatic carbocycles. The topological polar surface area (TPSA) is 74.6 Å². The van der Waals surface area contributed by atoms with Crippen LogP contribution in [0.3, 0.4) is 0 Å². The standard InChI is InChI=1S/C17H14N4O3/c1-24-13-9-7-11(8-10-13)20-16(22)14-15(17(20)23)21(19-18-14)12-5-3-2-4-6-12/h2-10,14-15H,1H3. The molecule has 120 valence electrons. The van der Waals surface area contributed by atoms with Gasteiger partial charge in [0, 0.05) is 0 Å². The van der Waals surface area contributed by atoms with Gasteiger partial charge in [-0.3, -0.25) is 9.59 Å². The first-order valence-electron chi connectivity index (χ1n) is 7.47. The molecule has 2 aliphatic rings. The van der Waals surface area contributed by atoms with Gasteiger partial charge in [-0.25, -0.2) is 9.91 Å². The van der Waals surface area contributed by atoms with Crippen molar-refractivity contribution in [2.45, 2.75) is 12.1 Å². The molecular formula is C17H14N4O3. The summed E-state index contributed by atoms with van der Waals surface area (Å²) in [6, 6.07) is 14.5. The Kier molecular flexibility index (Phi) is 3.26. The summed E-state index contributed by atoms with van der Waals surface area (Å²) in [5.74, 6) is -0.0370. The molecule has 0 spiro atoms. The average Bonchev–Trinajstić information content (AvgIpc) is 3.17. The van der Waals surface area contributed by atoms with Gasteiger partial charge in [0.25, 0.3) is 11.8 Å². The first-order chi connectivity index (χ1) is 11.7. The van der Waals surface area contributed by atoms with Crippen molar-refractivity contribution in [3.05, 3.63) is 54.6 Å². The van der Waals surface area contributed by atoms with Crippen LogP contribution in [0.25, 0.3) is 0 Å². The van der Waals surface area contributed by atoms with Gasteiger partial charge in [0.15, 0.2) is 12.1 Å². The highest BCUT2D eigenvalue weighted by Crippen LogP contribution is 2.35. The molecule has 2 aromatic carbocycles. The van der Waals surface area contributed by atoms with E-state index in [1.807, 2.05) is 30.3 Å². The summed E-state index contributed by atoms with van der Waals surface area (Å²) in [6.07, 6.45) is 0. The van der Waals surface area contributed by atoms with E-state index in [0.29, 0.717) is 11.4 Å². The minimum absolute atomic E-state index is 0.330. The molecule has 0 saturated carbocycles. The molecule has 0 N–H and O–H groups in total. The molecule has 2 unspecified atom stereocenters. The Hall–Kier alpha value is -3.22. The molecule has 1 fully saturated rings. The van der Waals surface area contributed by atoms with Gasteiger partial charge in [-0.05, 0) is 36.4 Å². The van der Waals surface area contributed by atoms with E-state index < -0.39 is 12.1 Å². The highest BCUT2D eigenvalue weighted by atomic mass is 16.5. The Balaban J connectivity index is 1.67. The summed E-state index contributed by atoms with van der Waals surface area (Å²) in [7, 11) is 1.56. The average molecular weight is 322 g/mol. The quantitative estimate of drug-likeness (QED) is 0.812. The number of hydrogen-bond donors (Lipinski definition) is 0. The number of carbonyl (C=O) groups excluding carboxylic acids is 2. The fraction of sp³-hybridized carbons (Fsp3) is 0.176. The number of rotatable bonds is 3. The fourth-order valence-electron chi connectivity index (χ4n) is 2.94. The van der Waals surface area contributed by atoms with Crippen molar-refractivity contribution in [2.24, 2.45) is 10.3 Å². The highest BCUT2D eigenvalue weighted by Gasteiger charge is 2.55. The summed E-state index contributed by atoms with van der Waals surface area (Å²) in [4.78, 5) is 26.6. The summed E-state index contributed by atoms with van der Waals surface area (Å²) in [5.41, 5.74) is 1.23. The second kappa shape index (κ2) is 5.45. The van der Waals surface area contributed by atoms with Crippen molar-refractivity contribution in [3.8, 4) is 5.75 Å². The van der Waals surface area contributed by atoms with Crippen LogP contribution in [-0.2, 0) is 9.59 Å². The lowest BCUT2D eigenvalue weighted by Gasteiger charge is -2.20. The third-order valence-corrected chi connectivity index (χ3v) is 4.13. The van der Waals surface area contributed by atoms with Crippen LogP contribution >= 0.6 is 0 Å². The number of para-hydroxylation sites is 1. The monoisotopic (exact) mass is 322 g/mol. The largest absolute Gasteiger partial charge is 0.497 e. The first-order valence-corrected chi connectivity index (χ1v) is 7.47. The number of methoxy groups -OCH3 is 1. The maximum Gasteiger partial charge on any atom is 0.263 e. The Morgan fingerprint density at radius 3 is 2.29 bits per heavy atom. The van der Waals surface area contributed by atoms with E-state index in [2.05, 4.69) is 10.3 Å². The molecule has 1 saturated heterocycles. The number of nitrogens with zero attached hydrogens (tertiary/aromatic N) is 4. The second-order valence-electron chi connectivity index (χ2n) is 5.48. The SMILES string of the molecule is COc1ccc(N2C(=O)C3N=NN(c4ccccc4)C3C2=O)cc1. The summed E-state index contributed by atoms with van der Waals surface area (Å²) >= 11 is 0. The Morgan fingerprint density at radius 2 is 1.62 bits per heavy atom. The minimum atomic E-state index is -0.806. The van der Waals surface area contributed by atoms with E-state index in [1.54, 1.807) is 31.4 Å². The Labute approximate surface area is 138 Å². The number of imide groups is 1. The van der Waals surface area contributed by atoms with Gasteiger partial charge < -0.3 is 4.74 Å². The third kappa shape index (κ3) is 2.05. The summed E-state index contributed by atoms with van der Waals surface area (Å²) in [5, 5.41) is 9.54. The molecule has 24 heavy (non-hydrogen) atoms. The number of hydrogen-bond acceptors (Lipinski definition) is 6. The molecular weight excluding hydrogens is 308 g/mol. The lowest BCUT2D eigenvalue weighted by Crippen LogP contribution is -2.39. The normalized spacial score (nSPS) is 22.2. The summed E-state index contributed by atoms with van der Waals surface area (Å²) in [6.45, 7) is 0. The van der Waals surface area contributed by atoms with Gasteiger partial charge in [0.05, 0.1) is 18.5 Å². The number of carbonyl (C=O) groups is 2. The molecule has 0 aromatic heterocycles. The number of ether oxygens (including phenoxy) is 1. The molecule has 0 radical (unpaired) electrons. The number of fused-ring (bicyclic) bond motifs is 1. The van der Waals surface area contributed by atoms with Crippen LogP contribution in [0.4, 0.5) is 11.4 Å². The van der Waals surface area contributed by atoms with Crippen molar-refractivity contribution < 1.29 is 14.3 Å². The van der Waals surface area contributed by atoms with Crippen LogP contribution in [0, 0.1) is 0 Å². The fourth-order valence-corrected chi connectivity index (χ4v) is 2.94. The zero-order valence-corrected chi connectivity index (χ0v) is 12.9. The molecule has 0 bridgehead atoms. The Bertz CT molecular complexity index is 819. The number of anilines is 2. The van der Waals surface area contributed by atoms with Crippen molar-refractivity contribution in [2.75, 3.05) is 17.0 Å². The van der Waals surface area contributed by atoms with Crippen molar-refractivity contribution in [1.29, 1.82) is 0 Å². The molecule has 2 aliphatic heterocycles. The van der Waals surface area contributed by atoms with Crippen LogP contribution in [0.15, 0.2) is 64.9 Å². The second-order valence-corrected chi connectivity index (χ2v) is 5.48. The molecule has 7 nitrogen and oxygen atoms in total. The molecule has 2 atom stereocenters. The van der Waals surface area contributed by atoms with Gasteiger partial charge in [-0.15, -0.1) is 0 Å². The third-order valence-electron chi connectivity index (χ3n) is 4.13. The van der Waals surface area contributed by atoms with Crippen molar-refractivity contribution in [3.63, 3.8) is 0 Å². The summed E-state index contributed by atoms with van der Waals surface area (Å²) < 4.78 is 5.10. The maximum absolute atomic E-state index is 12.8. The van der Waals surface area contributed by atoms with Crippen molar-refractivity contribution in [1.82, 2.24) is 0 Å². The molecule has 7 heteroatoms. The van der Waals surface area contributed by atoms with Gasteiger partial charge in [-0.1, -0.05) is 23.4 Å². The Morgan fingerprint density at radius 1 is 0.917 bits per heavy atom.